The van der Waals surface area contributed by atoms with Crippen LogP contribution < -0.4 is 4.74 Å². The standard InChI is InChI=1S/C26H16BrF6NO3/c1-13-5-7-21(34(13)22-4-2-3-16(25(35)36)24(22)26(31,32)33)17-9-14(27)6-8-23(17)37-12-18-19(29)10-15(28)11-20(18)30/h2-11H,12H2,1H3,(H,35,36). The summed E-state index contributed by atoms with van der Waals surface area (Å²) in [6, 6.07) is 11.8. The van der Waals surface area contributed by atoms with Crippen LogP contribution in [0.5, 0.6) is 5.75 Å². The average Bonchev–Trinajstić information content (AvgIpc) is 3.19. The van der Waals surface area contributed by atoms with Gasteiger partial charge < -0.3 is 14.4 Å². The zero-order valence-corrected chi connectivity index (χ0v) is 20.4. The highest BCUT2D eigenvalue weighted by Crippen LogP contribution is 2.41. The quantitative estimate of drug-likeness (QED) is 0.234. The third-order valence-electron chi connectivity index (χ3n) is 5.57. The molecule has 0 amide bonds. The van der Waals surface area contributed by atoms with Crippen LogP contribution in [0.25, 0.3) is 16.9 Å². The first-order valence-corrected chi connectivity index (χ1v) is 11.4. The minimum Gasteiger partial charge on any atom is -0.488 e. The van der Waals surface area contributed by atoms with Gasteiger partial charge in [-0.05, 0) is 49.4 Å². The first-order valence-electron chi connectivity index (χ1n) is 10.6. The Bertz CT molecular complexity index is 1490. The van der Waals surface area contributed by atoms with Crippen molar-refractivity contribution in [2.75, 3.05) is 0 Å². The van der Waals surface area contributed by atoms with Gasteiger partial charge in [0, 0.05) is 27.9 Å². The topological polar surface area (TPSA) is 51.5 Å². The van der Waals surface area contributed by atoms with Crippen molar-refractivity contribution in [1.82, 2.24) is 4.57 Å². The number of carboxylic acid groups (broad SMARTS) is 1. The lowest BCUT2D eigenvalue weighted by molar-refractivity contribution is -0.138. The second-order valence-corrected chi connectivity index (χ2v) is 8.89. The van der Waals surface area contributed by atoms with E-state index in [1.165, 1.54) is 34.9 Å². The zero-order chi connectivity index (χ0) is 27.1. The van der Waals surface area contributed by atoms with Gasteiger partial charge in [-0.3, -0.25) is 0 Å². The molecule has 0 atom stereocenters. The summed E-state index contributed by atoms with van der Waals surface area (Å²) in [4.78, 5) is 11.6. The van der Waals surface area contributed by atoms with Crippen molar-refractivity contribution in [3.63, 3.8) is 0 Å². The van der Waals surface area contributed by atoms with Crippen LogP contribution in [0.2, 0.25) is 0 Å². The van der Waals surface area contributed by atoms with E-state index >= 15 is 0 Å². The number of benzene rings is 3. The van der Waals surface area contributed by atoms with Crippen LogP contribution in [-0.4, -0.2) is 15.6 Å². The largest absolute Gasteiger partial charge is 0.488 e. The van der Waals surface area contributed by atoms with Gasteiger partial charge in [-0.2, -0.15) is 13.2 Å². The van der Waals surface area contributed by atoms with E-state index in [1.807, 2.05) is 0 Å². The summed E-state index contributed by atoms with van der Waals surface area (Å²) < 4.78 is 91.1. The molecule has 0 saturated carbocycles. The minimum atomic E-state index is -4.99. The SMILES string of the molecule is Cc1ccc(-c2cc(Br)ccc2OCc2c(F)cc(F)cc2F)n1-c1cccc(C(=O)O)c1C(F)(F)F. The van der Waals surface area contributed by atoms with Gasteiger partial charge in [0.2, 0.25) is 0 Å². The van der Waals surface area contributed by atoms with Crippen LogP contribution >= 0.6 is 15.9 Å². The lowest BCUT2D eigenvalue weighted by atomic mass is 10.0. The highest BCUT2D eigenvalue weighted by atomic mass is 79.9. The van der Waals surface area contributed by atoms with E-state index in [9.17, 15) is 36.2 Å². The average molecular weight is 584 g/mol. The van der Waals surface area contributed by atoms with Gasteiger partial charge in [-0.1, -0.05) is 22.0 Å². The summed E-state index contributed by atoms with van der Waals surface area (Å²) in [5.74, 6) is -5.09. The molecule has 37 heavy (non-hydrogen) atoms. The number of carboxylic acids is 1. The molecule has 4 aromatic rings. The zero-order valence-electron chi connectivity index (χ0n) is 18.8. The van der Waals surface area contributed by atoms with Crippen molar-refractivity contribution in [2.24, 2.45) is 0 Å². The maximum absolute atomic E-state index is 14.1. The Kier molecular flexibility index (Phi) is 7.09. The Morgan fingerprint density at radius 3 is 2.30 bits per heavy atom. The summed E-state index contributed by atoms with van der Waals surface area (Å²) in [5, 5.41) is 9.41. The molecule has 3 aromatic carbocycles. The molecule has 4 nitrogen and oxygen atoms in total. The third kappa shape index (κ3) is 5.22. The van der Waals surface area contributed by atoms with E-state index in [-0.39, 0.29) is 17.0 Å². The maximum Gasteiger partial charge on any atom is 0.419 e. The van der Waals surface area contributed by atoms with Gasteiger partial charge in [0.15, 0.2) is 0 Å². The number of aromatic nitrogens is 1. The fourth-order valence-corrected chi connectivity index (χ4v) is 4.32. The van der Waals surface area contributed by atoms with E-state index in [2.05, 4.69) is 15.9 Å². The first-order chi connectivity index (χ1) is 17.4. The number of hydrogen-bond acceptors (Lipinski definition) is 2. The van der Waals surface area contributed by atoms with E-state index in [1.54, 1.807) is 13.0 Å². The summed E-state index contributed by atoms with van der Waals surface area (Å²) in [6.45, 7) is 0.910. The van der Waals surface area contributed by atoms with Crippen molar-refractivity contribution < 1.29 is 41.0 Å². The van der Waals surface area contributed by atoms with Crippen molar-refractivity contribution in [1.29, 1.82) is 0 Å². The molecule has 1 aromatic heterocycles. The fourth-order valence-electron chi connectivity index (χ4n) is 3.96. The maximum atomic E-state index is 14.1. The number of hydrogen-bond donors (Lipinski definition) is 1. The highest BCUT2D eigenvalue weighted by molar-refractivity contribution is 9.10. The second-order valence-electron chi connectivity index (χ2n) is 7.98. The van der Waals surface area contributed by atoms with Crippen molar-refractivity contribution in [3.05, 3.63) is 105 Å². The first kappa shape index (κ1) is 26.3. The Hall–Kier alpha value is -3.73. The van der Waals surface area contributed by atoms with Crippen LogP contribution in [-0.2, 0) is 12.8 Å². The molecule has 0 unspecified atom stereocenters. The lowest BCUT2D eigenvalue weighted by Crippen LogP contribution is -2.17. The van der Waals surface area contributed by atoms with Crippen LogP contribution in [0.3, 0.4) is 0 Å². The van der Waals surface area contributed by atoms with Crippen LogP contribution in [0.15, 0.2) is 65.1 Å². The van der Waals surface area contributed by atoms with Crippen molar-refractivity contribution in [2.45, 2.75) is 19.7 Å². The Balaban J connectivity index is 1.87. The van der Waals surface area contributed by atoms with E-state index < -0.39 is 58.6 Å². The van der Waals surface area contributed by atoms with Crippen molar-refractivity contribution in [3.8, 4) is 22.7 Å². The third-order valence-corrected chi connectivity index (χ3v) is 6.06. The smallest absolute Gasteiger partial charge is 0.419 e. The molecule has 4 rings (SSSR count). The molecule has 192 valence electrons. The molecule has 0 aliphatic carbocycles. The van der Waals surface area contributed by atoms with E-state index in [0.717, 1.165) is 12.1 Å². The number of aromatic carboxylic acids is 1. The number of alkyl halides is 3. The minimum absolute atomic E-state index is 0.0635. The Labute approximate surface area is 214 Å². The van der Waals surface area contributed by atoms with E-state index in [4.69, 9.17) is 4.74 Å². The molecule has 0 saturated heterocycles. The summed E-state index contributed by atoms with van der Waals surface area (Å²) in [7, 11) is 0. The fraction of sp³-hybridized carbons (Fsp3) is 0.115. The number of ether oxygens (including phenoxy) is 1. The summed E-state index contributed by atoms with van der Waals surface area (Å²) in [5.41, 5.74) is -2.42. The van der Waals surface area contributed by atoms with Gasteiger partial charge in [-0.15, -0.1) is 0 Å². The Morgan fingerprint density at radius 2 is 1.68 bits per heavy atom. The lowest BCUT2D eigenvalue weighted by Gasteiger charge is -2.21. The number of halogens is 7. The molecule has 0 aliphatic rings. The van der Waals surface area contributed by atoms with Gasteiger partial charge in [0.25, 0.3) is 0 Å². The number of aryl methyl sites for hydroxylation is 1. The molecule has 1 N–H and O–H groups in total. The summed E-state index contributed by atoms with van der Waals surface area (Å²) in [6.07, 6.45) is -4.99. The second kappa shape index (κ2) is 9.97. The molecule has 0 radical (unpaired) electrons. The monoisotopic (exact) mass is 583 g/mol. The Morgan fingerprint density at radius 1 is 1.00 bits per heavy atom. The molecule has 0 spiro atoms. The normalized spacial score (nSPS) is 11.6. The molecular weight excluding hydrogens is 568 g/mol. The predicted molar refractivity (Wildman–Crippen MR) is 126 cm³/mol. The highest BCUT2D eigenvalue weighted by Gasteiger charge is 2.39. The molecule has 1 heterocycles. The van der Waals surface area contributed by atoms with Gasteiger partial charge >= 0.3 is 12.1 Å². The molecule has 11 heteroatoms. The molecular formula is C26H16BrF6NO3. The van der Waals surface area contributed by atoms with Crippen LogP contribution in [0.4, 0.5) is 26.3 Å². The van der Waals surface area contributed by atoms with Gasteiger partial charge in [-0.25, -0.2) is 18.0 Å². The number of carbonyl (C=O) groups is 1. The number of nitrogens with zero attached hydrogens (tertiary/aromatic N) is 1. The van der Waals surface area contributed by atoms with Crippen LogP contribution in [0, 0.1) is 24.4 Å². The van der Waals surface area contributed by atoms with Gasteiger partial charge in [0.05, 0.1) is 28.1 Å². The van der Waals surface area contributed by atoms with Crippen molar-refractivity contribution >= 4 is 21.9 Å². The summed E-state index contributed by atoms with van der Waals surface area (Å²) >= 11 is 3.30. The molecule has 0 aliphatic heterocycles. The van der Waals surface area contributed by atoms with E-state index in [0.29, 0.717) is 22.3 Å². The van der Waals surface area contributed by atoms with Crippen LogP contribution in [0.1, 0.15) is 27.2 Å². The molecule has 0 fully saturated rings. The van der Waals surface area contributed by atoms with Gasteiger partial charge in [0.1, 0.15) is 29.8 Å². The predicted octanol–water partition coefficient (Wildman–Crippen LogP) is 7.93. The molecule has 0 bridgehead atoms. The number of rotatable bonds is 6.